The normalized spacial score (nSPS) is 32.4. The zero-order chi connectivity index (χ0) is 7.07. The number of halogens is 3. The van der Waals surface area contributed by atoms with Crippen molar-refractivity contribution in [2.45, 2.75) is 24.7 Å². The average Bonchev–Trinajstić information content (AvgIpc) is 1.55. The quantitative estimate of drug-likeness (QED) is 0.476. The van der Waals surface area contributed by atoms with E-state index in [0.29, 0.717) is 0 Å². The van der Waals surface area contributed by atoms with E-state index in [1.807, 2.05) is 0 Å². The van der Waals surface area contributed by atoms with Crippen LogP contribution in [0.15, 0.2) is 0 Å². The van der Waals surface area contributed by atoms with Crippen LogP contribution in [0.1, 0.15) is 12.8 Å². The maximum absolute atomic E-state index is 11.7. The molecule has 0 amide bonds. The minimum Gasteiger partial charge on any atom is -0.449 e. The summed E-state index contributed by atoms with van der Waals surface area (Å²) in [6.45, 7) is -4.59. The molecule has 0 radical (unpaired) electrons. The summed E-state index contributed by atoms with van der Waals surface area (Å²) >= 11 is 0. The Morgan fingerprint density at radius 2 is 1.60 bits per heavy atom. The van der Waals surface area contributed by atoms with Crippen molar-refractivity contribution in [3.8, 4) is 0 Å². The fraction of sp³-hybridized carbons (Fsp3) is 1.00. The molecule has 0 aromatic heterocycles. The number of hydrogen-bond donors (Lipinski definition) is 1. The molecule has 0 heterocycles. The van der Waals surface area contributed by atoms with Gasteiger partial charge >= 0.3 is 58.4 Å². The van der Waals surface area contributed by atoms with E-state index in [-0.39, 0.29) is 70.3 Å². The van der Waals surface area contributed by atoms with Crippen LogP contribution in [0.25, 0.3) is 0 Å². The molecule has 1 aliphatic rings. The van der Waals surface area contributed by atoms with Gasteiger partial charge in [0.1, 0.15) is 0 Å². The van der Waals surface area contributed by atoms with Gasteiger partial charge in [-0.05, 0) is 6.04 Å². The molecule has 0 atom stereocenters. The Balaban J connectivity index is 0.000000810. The molecule has 0 bridgehead atoms. The predicted molar refractivity (Wildman–Crippen MR) is 30.0 cm³/mol. The van der Waals surface area contributed by atoms with Crippen molar-refractivity contribution in [2.75, 3.05) is 0 Å². The molecule has 0 aromatic rings. The van der Waals surface area contributed by atoms with Crippen LogP contribution in [-0.4, -0.2) is 13.0 Å². The second-order valence-corrected chi connectivity index (χ2v) is 2.62. The molecule has 1 nitrogen and oxygen atoms in total. The zero-order valence-corrected chi connectivity index (χ0v) is 8.98. The summed E-state index contributed by atoms with van der Waals surface area (Å²) in [6, 6.07) is -0.196. The van der Waals surface area contributed by atoms with Crippen molar-refractivity contribution in [1.29, 1.82) is 0 Å². The van der Waals surface area contributed by atoms with E-state index in [1.165, 1.54) is 0 Å². The SMILES string of the molecule is NC1CC([B-](F)(F)F)C1.[K+]. The maximum Gasteiger partial charge on any atom is 1.00 e. The van der Waals surface area contributed by atoms with E-state index in [1.54, 1.807) is 0 Å². The van der Waals surface area contributed by atoms with E-state index >= 15 is 0 Å². The number of hydrogen-bond acceptors (Lipinski definition) is 1. The van der Waals surface area contributed by atoms with E-state index < -0.39 is 12.8 Å². The molecular weight excluding hydrogens is 169 g/mol. The molecule has 0 saturated heterocycles. The molecule has 0 spiro atoms. The first kappa shape index (κ1) is 11.5. The number of nitrogens with two attached hydrogens (primary N) is 1. The molecule has 2 N–H and O–H groups in total. The van der Waals surface area contributed by atoms with Gasteiger partial charge in [0.15, 0.2) is 0 Å². The van der Waals surface area contributed by atoms with E-state index in [0.717, 1.165) is 0 Å². The molecule has 6 heteroatoms. The van der Waals surface area contributed by atoms with E-state index in [4.69, 9.17) is 5.73 Å². The molecule has 1 fully saturated rings. The Hall–Kier alpha value is 1.45. The van der Waals surface area contributed by atoms with Gasteiger partial charge in [0, 0.05) is 0 Å². The average molecular weight is 177 g/mol. The summed E-state index contributed by atoms with van der Waals surface area (Å²) in [5, 5.41) is 0. The van der Waals surface area contributed by atoms with E-state index in [2.05, 4.69) is 0 Å². The molecule has 54 valence electrons. The molecule has 0 aromatic carbocycles. The van der Waals surface area contributed by atoms with Crippen LogP contribution in [-0.2, 0) is 0 Å². The summed E-state index contributed by atoms with van der Waals surface area (Å²) in [4.78, 5) is 0. The third kappa shape index (κ3) is 2.83. The van der Waals surface area contributed by atoms with Crippen LogP contribution in [0.3, 0.4) is 0 Å². The van der Waals surface area contributed by atoms with Gasteiger partial charge in [0.05, 0.1) is 0 Å². The van der Waals surface area contributed by atoms with Crippen LogP contribution in [0.2, 0.25) is 5.82 Å². The molecule has 0 aliphatic heterocycles. The maximum atomic E-state index is 11.7. The van der Waals surface area contributed by atoms with Crippen LogP contribution < -0.4 is 57.1 Å². The molecular formula is C4H8BF3KN. The minimum atomic E-state index is -4.59. The van der Waals surface area contributed by atoms with Crippen molar-refractivity contribution in [1.82, 2.24) is 0 Å². The summed E-state index contributed by atoms with van der Waals surface area (Å²) in [5.41, 5.74) is 5.18. The third-order valence-corrected chi connectivity index (χ3v) is 1.75. The van der Waals surface area contributed by atoms with Crippen molar-refractivity contribution < 1.29 is 64.3 Å². The summed E-state index contributed by atoms with van der Waals surface area (Å²) < 4.78 is 35.0. The first-order valence-corrected chi connectivity index (χ1v) is 2.95. The van der Waals surface area contributed by atoms with Crippen molar-refractivity contribution >= 4 is 6.98 Å². The predicted octanol–water partition coefficient (Wildman–Crippen LogP) is -1.67. The van der Waals surface area contributed by atoms with Gasteiger partial charge in [0.25, 0.3) is 0 Å². The molecule has 0 unspecified atom stereocenters. The Kier molecular flexibility index (Phi) is 4.48. The van der Waals surface area contributed by atoms with Crippen molar-refractivity contribution in [3.05, 3.63) is 0 Å². The van der Waals surface area contributed by atoms with Crippen LogP contribution in [0.5, 0.6) is 0 Å². The Morgan fingerprint density at radius 1 is 1.20 bits per heavy atom. The van der Waals surface area contributed by atoms with Crippen LogP contribution in [0, 0.1) is 0 Å². The van der Waals surface area contributed by atoms with Crippen molar-refractivity contribution in [2.24, 2.45) is 5.73 Å². The zero-order valence-electron chi connectivity index (χ0n) is 5.86. The standard InChI is InChI=1S/C4H8BF3N.K/c6-5(7,8)3-1-4(9)2-3;/h3-4H,1-2,9H2;/q-1;+1. The topological polar surface area (TPSA) is 26.0 Å². The summed E-state index contributed by atoms with van der Waals surface area (Å²) in [6.07, 6.45) is 0.285. The van der Waals surface area contributed by atoms with Gasteiger partial charge in [0.2, 0.25) is 0 Å². The smallest absolute Gasteiger partial charge is 0.449 e. The minimum absolute atomic E-state index is 0. The second kappa shape index (κ2) is 3.91. The summed E-state index contributed by atoms with van der Waals surface area (Å²) in [5.74, 6) is -1.06. The van der Waals surface area contributed by atoms with Crippen LogP contribution in [0.4, 0.5) is 12.9 Å². The van der Waals surface area contributed by atoms with Gasteiger partial charge in [-0.2, -0.15) is 0 Å². The second-order valence-electron chi connectivity index (χ2n) is 2.62. The first-order chi connectivity index (χ1) is 4.00. The van der Waals surface area contributed by atoms with Crippen molar-refractivity contribution in [3.63, 3.8) is 0 Å². The van der Waals surface area contributed by atoms with Gasteiger partial charge in [-0.15, -0.1) is 0 Å². The van der Waals surface area contributed by atoms with E-state index in [9.17, 15) is 12.9 Å². The monoisotopic (exact) mass is 177 g/mol. The first-order valence-electron chi connectivity index (χ1n) is 2.95. The van der Waals surface area contributed by atoms with Crippen LogP contribution >= 0.6 is 0 Å². The Bertz CT molecular complexity index is 112. The molecule has 10 heavy (non-hydrogen) atoms. The molecule has 1 aliphatic carbocycles. The van der Waals surface area contributed by atoms with Gasteiger partial charge in [-0.1, -0.05) is 18.7 Å². The fourth-order valence-electron chi connectivity index (χ4n) is 1.02. The largest absolute Gasteiger partial charge is 1.00 e. The van der Waals surface area contributed by atoms with Gasteiger partial charge in [-0.25, -0.2) is 0 Å². The fourth-order valence-corrected chi connectivity index (χ4v) is 1.02. The molecule has 1 saturated carbocycles. The van der Waals surface area contributed by atoms with Gasteiger partial charge in [-0.3, -0.25) is 0 Å². The third-order valence-electron chi connectivity index (χ3n) is 1.75. The number of rotatable bonds is 1. The Morgan fingerprint density at radius 3 is 1.70 bits per heavy atom. The summed E-state index contributed by atoms with van der Waals surface area (Å²) in [7, 11) is 0. The Labute approximate surface area is 100 Å². The van der Waals surface area contributed by atoms with Gasteiger partial charge < -0.3 is 18.7 Å². The molecule has 1 rings (SSSR count).